The summed E-state index contributed by atoms with van der Waals surface area (Å²) in [5.41, 5.74) is 6.51. The van der Waals surface area contributed by atoms with Crippen LogP contribution in [0.25, 0.3) is 21.9 Å². The highest BCUT2D eigenvalue weighted by Gasteiger charge is 2.25. The largest absolute Gasteiger partial charge is 0.361 e. The predicted molar refractivity (Wildman–Crippen MR) is 126 cm³/mol. The molecular weight excluding hydrogens is 410 g/mol. The minimum atomic E-state index is -1.15. The predicted octanol–water partition coefficient (Wildman–Crippen LogP) is 3.04. The average Bonchev–Trinajstić information content (AvgIpc) is 3.14. The number of H-pyrrole nitrogens is 1. The van der Waals surface area contributed by atoms with Gasteiger partial charge in [0, 0.05) is 38.5 Å². The lowest BCUT2D eigenvalue weighted by atomic mass is 9.86. The van der Waals surface area contributed by atoms with E-state index in [9.17, 15) is 9.59 Å². The molecule has 0 unspecified atom stereocenters. The first-order chi connectivity index (χ1) is 14.8. The Morgan fingerprint density at radius 1 is 1.19 bits per heavy atom. The van der Waals surface area contributed by atoms with Crippen molar-refractivity contribution in [2.45, 2.75) is 64.1 Å². The van der Waals surface area contributed by atoms with Crippen LogP contribution in [0.4, 0.5) is 0 Å². The van der Waals surface area contributed by atoms with Gasteiger partial charge in [0.25, 0.3) is 5.56 Å². The quantitative estimate of drug-likeness (QED) is 0.431. The van der Waals surface area contributed by atoms with E-state index >= 15 is 0 Å². The van der Waals surface area contributed by atoms with Crippen LogP contribution in [0.2, 0.25) is 25.7 Å². The highest BCUT2D eigenvalue weighted by atomic mass is 28.3. The van der Waals surface area contributed by atoms with Crippen LogP contribution in [0.1, 0.15) is 31.7 Å². The zero-order chi connectivity index (χ0) is 22.2. The highest BCUT2D eigenvalue weighted by Crippen LogP contribution is 2.33. The normalized spacial score (nSPS) is 20.0. The van der Waals surface area contributed by atoms with Gasteiger partial charge in [-0.3, -0.25) is 14.3 Å². The molecule has 1 saturated carbocycles. The number of ether oxygens (including phenoxy) is 1. The van der Waals surface area contributed by atoms with E-state index in [1.807, 2.05) is 16.8 Å². The molecule has 8 nitrogen and oxygen atoms in total. The lowest BCUT2D eigenvalue weighted by molar-refractivity contribution is 0.0899. The zero-order valence-electron chi connectivity index (χ0n) is 18.7. The molecule has 3 N–H and O–H groups in total. The fourth-order valence-electron chi connectivity index (χ4n) is 4.51. The molecule has 0 aromatic carbocycles. The number of hydrogen-bond acceptors (Lipinski definition) is 5. The molecule has 0 aliphatic heterocycles. The number of pyridine rings is 1. The third kappa shape index (κ3) is 4.53. The Hall–Kier alpha value is -2.23. The van der Waals surface area contributed by atoms with Crippen LogP contribution in [0.3, 0.4) is 0 Å². The maximum absolute atomic E-state index is 12.9. The lowest BCUT2D eigenvalue weighted by Gasteiger charge is -2.29. The van der Waals surface area contributed by atoms with Crippen LogP contribution in [0.15, 0.2) is 28.0 Å². The molecule has 9 heteroatoms. The van der Waals surface area contributed by atoms with Gasteiger partial charge in [-0.25, -0.2) is 9.78 Å². The summed E-state index contributed by atoms with van der Waals surface area (Å²) in [5, 5.41) is 1.26. The third-order valence-corrected chi connectivity index (χ3v) is 8.13. The topological polar surface area (TPSA) is 108 Å². The second-order valence-electron chi connectivity index (χ2n) is 9.93. The van der Waals surface area contributed by atoms with E-state index in [-0.39, 0.29) is 17.3 Å². The molecular formula is C22H33N5O3Si. The second kappa shape index (κ2) is 8.72. The molecule has 1 aliphatic rings. The Morgan fingerprint density at radius 2 is 1.94 bits per heavy atom. The fraction of sp³-hybridized carbons (Fsp3) is 0.591. The first kappa shape index (κ1) is 22.0. The van der Waals surface area contributed by atoms with Crippen molar-refractivity contribution in [3.63, 3.8) is 0 Å². The molecule has 0 spiro atoms. The number of aromatic amines is 1. The van der Waals surface area contributed by atoms with Gasteiger partial charge in [-0.2, -0.15) is 0 Å². The summed E-state index contributed by atoms with van der Waals surface area (Å²) in [4.78, 5) is 32.5. The fourth-order valence-corrected chi connectivity index (χ4v) is 5.27. The maximum atomic E-state index is 12.9. The van der Waals surface area contributed by atoms with E-state index in [1.54, 1.807) is 10.8 Å². The van der Waals surface area contributed by atoms with Gasteiger partial charge in [0.15, 0.2) is 0 Å². The van der Waals surface area contributed by atoms with Gasteiger partial charge in [-0.1, -0.05) is 19.6 Å². The summed E-state index contributed by atoms with van der Waals surface area (Å²) in [6.07, 6.45) is 7.26. The molecule has 0 radical (unpaired) electrons. The summed E-state index contributed by atoms with van der Waals surface area (Å²) in [6, 6.07) is 3.09. The molecule has 1 aliphatic carbocycles. The molecule has 4 rings (SSSR count). The standard InChI is InChI=1S/C22H33N5O3Si/c1-31(2,3)11-10-30-14-26-9-8-17-19-18(13-24-20(17)26)21(28)25-22(29)27(19)16-6-4-15(12-23)5-7-16/h8-9,13,15-16H,4-7,10-12,14,23H2,1-3H3,(H,25,28,29). The summed E-state index contributed by atoms with van der Waals surface area (Å²) >= 11 is 0. The molecule has 0 bridgehead atoms. The Labute approximate surface area is 182 Å². The Balaban J connectivity index is 1.72. The van der Waals surface area contributed by atoms with E-state index in [0.717, 1.165) is 49.4 Å². The monoisotopic (exact) mass is 443 g/mol. The molecule has 1 fully saturated rings. The van der Waals surface area contributed by atoms with Crippen molar-refractivity contribution in [1.82, 2.24) is 19.1 Å². The lowest BCUT2D eigenvalue weighted by Crippen LogP contribution is -2.35. The molecule has 0 saturated heterocycles. The number of nitrogens with two attached hydrogens (primary N) is 1. The molecule has 168 valence electrons. The van der Waals surface area contributed by atoms with Crippen LogP contribution < -0.4 is 17.0 Å². The number of nitrogens with one attached hydrogen (secondary N) is 1. The van der Waals surface area contributed by atoms with Crippen molar-refractivity contribution < 1.29 is 4.74 Å². The molecule has 3 heterocycles. The summed E-state index contributed by atoms with van der Waals surface area (Å²) in [5.74, 6) is 0.511. The van der Waals surface area contributed by atoms with E-state index < -0.39 is 8.07 Å². The molecule has 0 atom stereocenters. The van der Waals surface area contributed by atoms with Crippen LogP contribution in [-0.4, -0.2) is 40.3 Å². The summed E-state index contributed by atoms with van der Waals surface area (Å²) in [7, 11) is -1.15. The van der Waals surface area contributed by atoms with Gasteiger partial charge >= 0.3 is 5.69 Å². The van der Waals surface area contributed by atoms with Gasteiger partial charge in [0.05, 0.1) is 10.9 Å². The van der Waals surface area contributed by atoms with Gasteiger partial charge in [0.2, 0.25) is 0 Å². The minimum Gasteiger partial charge on any atom is -0.361 e. The summed E-state index contributed by atoms with van der Waals surface area (Å²) in [6.45, 7) is 8.79. The van der Waals surface area contributed by atoms with Crippen LogP contribution >= 0.6 is 0 Å². The molecule has 3 aromatic rings. The SMILES string of the molecule is C[Si](C)(C)CCOCn1ccc2c1ncc1c(=O)[nH]c(=O)n(C3CCC(CN)CC3)c12. The van der Waals surface area contributed by atoms with Crippen molar-refractivity contribution in [2.24, 2.45) is 11.7 Å². The summed E-state index contributed by atoms with van der Waals surface area (Å²) < 4.78 is 9.63. The second-order valence-corrected chi connectivity index (χ2v) is 15.6. The van der Waals surface area contributed by atoms with Crippen LogP contribution in [-0.2, 0) is 11.5 Å². The van der Waals surface area contributed by atoms with E-state index in [0.29, 0.717) is 30.1 Å². The van der Waals surface area contributed by atoms with Crippen molar-refractivity contribution >= 4 is 30.0 Å². The Bertz CT molecular complexity index is 1180. The number of aromatic nitrogens is 4. The van der Waals surface area contributed by atoms with Gasteiger partial charge < -0.3 is 15.0 Å². The Morgan fingerprint density at radius 3 is 2.61 bits per heavy atom. The van der Waals surface area contributed by atoms with Crippen molar-refractivity contribution in [3.05, 3.63) is 39.3 Å². The van der Waals surface area contributed by atoms with Crippen molar-refractivity contribution in [1.29, 1.82) is 0 Å². The first-order valence-corrected chi connectivity index (χ1v) is 14.9. The van der Waals surface area contributed by atoms with Crippen LogP contribution in [0.5, 0.6) is 0 Å². The van der Waals surface area contributed by atoms with Gasteiger partial charge in [-0.05, 0) is 50.3 Å². The number of rotatable bonds is 7. The maximum Gasteiger partial charge on any atom is 0.329 e. The number of nitrogens with zero attached hydrogens (tertiary/aromatic N) is 3. The Kier molecular flexibility index (Phi) is 6.18. The number of hydrogen-bond donors (Lipinski definition) is 2. The minimum absolute atomic E-state index is 0.0524. The molecule has 0 amide bonds. The first-order valence-electron chi connectivity index (χ1n) is 11.2. The van der Waals surface area contributed by atoms with Crippen LogP contribution in [0, 0.1) is 5.92 Å². The van der Waals surface area contributed by atoms with Gasteiger partial charge in [-0.15, -0.1) is 0 Å². The van der Waals surface area contributed by atoms with Gasteiger partial charge in [0.1, 0.15) is 12.4 Å². The zero-order valence-corrected chi connectivity index (χ0v) is 19.7. The van der Waals surface area contributed by atoms with E-state index in [4.69, 9.17) is 10.5 Å². The smallest absolute Gasteiger partial charge is 0.329 e. The highest BCUT2D eigenvalue weighted by molar-refractivity contribution is 6.76. The third-order valence-electron chi connectivity index (χ3n) is 6.43. The molecule has 3 aromatic heterocycles. The average molecular weight is 444 g/mol. The number of fused-ring (bicyclic) bond motifs is 3. The van der Waals surface area contributed by atoms with Crippen molar-refractivity contribution in [2.75, 3.05) is 13.2 Å². The van der Waals surface area contributed by atoms with E-state index in [2.05, 4.69) is 29.6 Å². The molecule has 31 heavy (non-hydrogen) atoms. The van der Waals surface area contributed by atoms with E-state index in [1.165, 1.54) is 0 Å². The van der Waals surface area contributed by atoms with Crippen molar-refractivity contribution in [3.8, 4) is 0 Å².